The van der Waals surface area contributed by atoms with E-state index in [4.69, 9.17) is 4.74 Å². The lowest BCUT2D eigenvalue weighted by molar-refractivity contribution is -0.151. The molecule has 3 heterocycles. The Morgan fingerprint density at radius 1 is 1.09 bits per heavy atom. The van der Waals surface area contributed by atoms with E-state index in [1.54, 1.807) is 22.1 Å². The smallest absolute Gasteiger partial charge is 0.310 e. The number of piperazine rings is 1. The fourth-order valence-electron chi connectivity index (χ4n) is 4.29. The molecule has 0 radical (unpaired) electrons. The van der Waals surface area contributed by atoms with Crippen LogP contribution in [0.2, 0.25) is 0 Å². The van der Waals surface area contributed by atoms with Gasteiger partial charge in [-0.1, -0.05) is 18.2 Å². The molecule has 182 valence electrons. The van der Waals surface area contributed by atoms with Crippen LogP contribution >= 0.6 is 11.3 Å². The van der Waals surface area contributed by atoms with Crippen LogP contribution in [0.4, 0.5) is 10.8 Å². The van der Waals surface area contributed by atoms with E-state index >= 15 is 0 Å². The van der Waals surface area contributed by atoms with Crippen molar-refractivity contribution >= 4 is 39.9 Å². The monoisotopic (exact) mass is 485 g/mol. The predicted molar refractivity (Wildman–Crippen MR) is 130 cm³/mol. The van der Waals surface area contributed by atoms with Gasteiger partial charge in [-0.2, -0.15) is 0 Å². The van der Waals surface area contributed by atoms with Crippen LogP contribution in [0.3, 0.4) is 0 Å². The maximum Gasteiger partial charge on any atom is 0.310 e. The van der Waals surface area contributed by atoms with Crippen LogP contribution in [0.15, 0.2) is 35.7 Å². The first-order chi connectivity index (χ1) is 16.5. The lowest BCUT2D eigenvalue weighted by atomic mass is 9.98. The number of aromatic nitrogens is 1. The van der Waals surface area contributed by atoms with Gasteiger partial charge in [0.1, 0.15) is 5.69 Å². The second-order valence-corrected chi connectivity index (χ2v) is 9.39. The van der Waals surface area contributed by atoms with Crippen molar-refractivity contribution in [3.8, 4) is 0 Å². The number of nitrogens with one attached hydrogen (secondary N) is 1. The fourth-order valence-corrected chi connectivity index (χ4v) is 5.00. The summed E-state index contributed by atoms with van der Waals surface area (Å²) >= 11 is 1.40. The molecular weight excluding hydrogens is 454 g/mol. The number of amides is 2. The molecule has 9 nitrogen and oxygen atoms in total. The number of anilines is 2. The number of ether oxygens (including phenoxy) is 1. The number of piperidine rings is 1. The number of likely N-dealkylation sites (tertiary alicyclic amines) is 1. The van der Waals surface area contributed by atoms with Gasteiger partial charge in [0.2, 0.25) is 5.91 Å². The highest BCUT2D eigenvalue weighted by molar-refractivity contribution is 7.14. The molecule has 2 fully saturated rings. The SMILES string of the molecule is CCOC(=O)C1CCCN(C(=O)CN2CCN(C(=O)c3csc(Nc4ccccc4)n3)CC2)C1. The zero-order chi connectivity index (χ0) is 23.9. The molecule has 1 N–H and O–H groups in total. The predicted octanol–water partition coefficient (Wildman–Crippen LogP) is 2.45. The van der Waals surface area contributed by atoms with E-state index in [2.05, 4.69) is 15.2 Å². The summed E-state index contributed by atoms with van der Waals surface area (Å²) in [4.78, 5) is 47.9. The number of esters is 1. The van der Waals surface area contributed by atoms with Gasteiger partial charge in [-0.3, -0.25) is 19.3 Å². The third kappa shape index (κ3) is 6.12. The highest BCUT2D eigenvalue weighted by Gasteiger charge is 2.31. The first-order valence-electron chi connectivity index (χ1n) is 11.8. The molecule has 0 spiro atoms. The van der Waals surface area contributed by atoms with Gasteiger partial charge in [0, 0.05) is 50.3 Å². The number of hydrogen-bond acceptors (Lipinski definition) is 8. The molecular formula is C24H31N5O4S. The Labute approximate surface area is 203 Å². The minimum atomic E-state index is -0.230. The summed E-state index contributed by atoms with van der Waals surface area (Å²) in [5, 5.41) is 5.68. The van der Waals surface area contributed by atoms with Crippen LogP contribution in [0.1, 0.15) is 30.3 Å². The Bertz CT molecular complexity index is 990. The summed E-state index contributed by atoms with van der Waals surface area (Å²) in [6.07, 6.45) is 1.58. The van der Waals surface area contributed by atoms with Crippen molar-refractivity contribution in [1.82, 2.24) is 19.7 Å². The minimum absolute atomic E-state index is 0.0323. The third-order valence-corrected chi connectivity index (χ3v) is 6.92. The lowest BCUT2D eigenvalue weighted by Crippen LogP contribution is -2.52. The summed E-state index contributed by atoms with van der Waals surface area (Å²) in [6, 6.07) is 9.73. The van der Waals surface area contributed by atoms with Crippen molar-refractivity contribution in [2.45, 2.75) is 19.8 Å². The molecule has 2 saturated heterocycles. The van der Waals surface area contributed by atoms with Gasteiger partial charge in [-0.25, -0.2) is 4.98 Å². The molecule has 10 heteroatoms. The summed E-state index contributed by atoms with van der Waals surface area (Å²) in [7, 11) is 0. The fraction of sp³-hybridized carbons (Fsp3) is 0.500. The van der Waals surface area contributed by atoms with Crippen molar-refractivity contribution in [1.29, 1.82) is 0 Å². The Hall–Kier alpha value is -2.98. The molecule has 1 atom stereocenters. The van der Waals surface area contributed by atoms with Crippen molar-refractivity contribution < 1.29 is 19.1 Å². The van der Waals surface area contributed by atoms with E-state index in [1.165, 1.54) is 11.3 Å². The van der Waals surface area contributed by atoms with Gasteiger partial charge in [0.15, 0.2) is 5.13 Å². The lowest BCUT2D eigenvalue weighted by Gasteiger charge is -2.36. The molecule has 0 bridgehead atoms. The first-order valence-corrected chi connectivity index (χ1v) is 12.6. The standard InChI is InChI=1S/C24H31N5O4S/c1-2-33-23(32)18-7-6-10-29(15-18)21(30)16-27-11-13-28(14-12-27)22(31)20-17-34-24(26-20)25-19-8-4-3-5-9-19/h3-5,8-9,17-18H,2,6-7,10-16H2,1H3,(H,25,26). The largest absolute Gasteiger partial charge is 0.466 e. The van der Waals surface area contributed by atoms with Crippen molar-refractivity contribution in [2.75, 3.05) is 57.7 Å². The van der Waals surface area contributed by atoms with Crippen molar-refractivity contribution in [3.05, 3.63) is 41.4 Å². The van der Waals surface area contributed by atoms with Gasteiger partial charge in [-0.05, 0) is 31.9 Å². The molecule has 2 aliphatic rings. The minimum Gasteiger partial charge on any atom is -0.466 e. The molecule has 2 aliphatic heterocycles. The number of rotatable bonds is 7. The second-order valence-electron chi connectivity index (χ2n) is 8.53. The number of thiazole rings is 1. The zero-order valence-electron chi connectivity index (χ0n) is 19.4. The highest BCUT2D eigenvalue weighted by Crippen LogP contribution is 2.22. The number of benzene rings is 1. The molecule has 2 amide bonds. The van der Waals surface area contributed by atoms with E-state index in [9.17, 15) is 14.4 Å². The normalized spacial score (nSPS) is 19.0. The van der Waals surface area contributed by atoms with Gasteiger partial charge < -0.3 is 19.9 Å². The maximum atomic E-state index is 12.9. The summed E-state index contributed by atoms with van der Waals surface area (Å²) in [5.74, 6) is -0.496. The van der Waals surface area contributed by atoms with Crippen LogP contribution in [0.25, 0.3) is 0 Å². The van der Waals surface area contributed by atoms with Crippen LogP contribution < -0.4 is 5.32 Å². The van der Waals surface area contributed by atoms with E-state index in [1.807, 2.05) is 30.3 Å². The summed E-state index contributed by atoms with van der Waals surface area (Å²) in [5.41, 5.74) is 1.36. The molecule has 4 rings (SSSR count). The van der Waals surface area contributed by atoms with Crippen molar-refractivity contribution in [3.63, 3.8) is 0 Å². The Balaban J connectivity index is 1.24. The van der Waals surface area contributed by atoms with Crippen molar-refractivity contribution in [2.24, 2.45) is 5.92 Å². The van der Waals surface area contributed by atoms with E-state index in [0.717, 1.165) is 18.5 Å². The average Bonchev–Trinajstić information content (AvgIpc) is 3.33. The molecule has 0 saturated carbocycles. The summed E-state index contributed by atoms with van der Waals surface area (Å²) < 4.78 is 5.13. The van der Waals surface area contributed by atoms with Gasteiger partial charge in [0.25, 0.3) is 5.91 Å². The number of nitrogens with zero attached hydrogens (tertiary/aromatic N) is 4. The Morgan fingerprint density at radius 2 is 1.85 bits per heavy atom. The number of carbonyl (C=O) groups excluding carboxylic acids is 3. The van der Waals surface area contributed by atoms with E-state index in [-0.39, 0.29) is 23.7 Å². The van der Waals surface area contributed by atoms with E-state index in [0.29, 0.717) is 63.2 Å². The van der Waals surface area contributed by atoms with Gasteiger partial charge in [0.05, 0.1) is 19.1 Å². The Morgan fingerprint density at radius 3 is 2.59 bits per heavy atom. The first kappa shape index (κ1) is 24.2. The van der Waals surface area contributed by atoms with Gasteiger partial charge in [-0.15, -0.1) is 11.3 Å². The van der Waals surface area contributed by atoms with Crippen LogP contribution in [0, 0.1) is 5.92 Å². The molecule has 1 aromatic heterocycles. The van der Waals surface area contributed by atoms with Crippen LogP contribution in [-0.2, 0) is 14.3 Å². The molecule has 1 aromatic carbocycles. The zero-order valence-corrected chi connectivity index (χ0v) is 20.3. The molecule has 1 unspecified atom stereocenters. The molecule has 2 aromatic rings. The Kier molecular flexibility index (Phi) is 8.12. The average molecular weight is 486 g/mol. The topological polar surface area (TPSA) is 95.1 Å². The molecule has 34 heavy (non-hydrogen) atoms. The third-order valence-electron chi connectivity index (χ3n) is 6.16. The quantitative estimate of drug-likeness (QED) is 0.602. The maximum absolute atomic E-state index is 12.9. The summed E-state index contributed by atoms with van der Waals surface area (Å²) in [6.45, 7) is 5.93. The van der Waals surface area contributed by atoms with Gasteiger partial charge >= 0.3 is 5.97 Å². The van der Waals surface area contributed by atoms with Crippen LogP contribution in [-0.4, -0.2) is 89.9 Å². The molecule has 0 aliphatic carbocycles. The number of para-hydroxylation sites is 1. The number of hydrogen-bond donors (Lipinski definition) is 1. The van der Waals surface area contributed by atoms with E-state index < -0.39 is 0 Å². The highest BCUT2D eigenvalue weighted by atomic mass is 32.1. The second kappa shape index (κ2) is 11.4. The number of carbonyl (C=O) groups is 3. The van der Waals surface area contributed by atoms with Crippen LogP contribution in [0.5, 0.6) is 0 Å².